The number of aliphatic hydroxyl groups excluding tert-OH is 2. The van der Waals surface area contributed by atoms with Crippen LogP contribution in [0.25, 0.3) is 0 Å². The molecule has 0 bridgehead atoms. The zero-order valence-corrected chi connectivity index (χ0v) is 22.0. The molecule has 182 valence electrons. The summed E-state index contributed by atoms with van der Waals surface area (Å²) in [5, 5.41) is 21.6. The second-order valence-corrected chi connectivity index (χ2v) is 14.5. The molecule has 2 N–H and O–H groups in total. The molecule has 32 heavy (non-hydrogen) atoms. The fourth-order valence-electron chi connectivity index (χ4n) is 10.9. The Hall–Kier alpha value is -0.340. The summed E-state index contributed by atoms with van der Waals surface area (Å²) in [6.45, 7) is 17.9. The molecule has 0 spiro atoms. The standard InChI is InChI=1S/C30H50O2/c1-19-10-15-30(18-31)17-16-28(6)21(25(30)20(19)2)8-9-23-27(5)13-12-24(32)26(3,4)22(27)11-14-29(23,28)7/h8,19-20,22-25,31-32H,9-18H2,1-7H3/t19-,20+,22?,23-,24?,25+,27+,28-,29-,30-/m1/s1. The number of rotatable bonds is 1. The van der Waals surface area contributed by atoms with Gasteiger partial charge in [0, 0.05) is 12.0 Å². The first-order valence-electron chi connectivity index (χ1n) is 13.9. The maximum Gasteiger partial charge on any atom is 0.0594 e. The molecule has 5 aliphatic rings. The topological polar surface area (TPSA) is 40.5 Å². The molecule has 0 radical (unpaired) electrons. The molecule has 5 aliphatic carbocycles. The Labute approximate surface area is 197 Å². The lowest BCUT2D eigenvalue weighted by Crippen LogP contribution is -2.65. The summed E-state index contributed by atoms with van der Waals surface area (Å²) >= 11 is 0. The lowest BCUT2D eigenvalue weighted by Gasteiger charge is -2.71. The van der Waals surface area contributed by atoms with E-state index in [4.69, 9.17) is 0 Å². The van der Waals surface area contributed by atoms with Gasteiger partial charge < -0.3 is 10.2 Å². The van der Waals surface area contributed by atoms with Crippen molar-refractivity contribution in [2.75, 3.05) is 6.61 Å². The molecule has 0 aliphatic heterocycles. The molecular formula is C30H50O2. The van der Waals surface area contributed by atoms with Crippen LogP contribution in [-0.2, 0) is 0 Å². The van der Waals surface area contributed by atoms with E-state index in [1.54, 1.807) is 5.57 Å². The highest BCUT2D eigenvalue weighted by Crippen LogP contribution is 2.75. The van der Waals surface area contributed by atoms with E-state index in [2.05, 4.69) is 54.5 Å². The first kappa shape index (κ1) is 23.4. The fraction of sp³-hybridized carbons (Fsp3) is 0.933. The summed E-state index contributed by atoms with van der Waals surface area (Å²) in [6.07, 6.45) is 13.4. The predicted octanol–water partition coefficient (Wildman–Crippen LogP) is 7.00. The van der Waals surface area contributed by atoms with Crippen molar-refractivity contribution in [3.05, 3.63) is 11.6 Å². The third-order valence-corrected chi connectivity index (χ3v) is 13.5. The lowest BCUT2D eigenvalue weighted by molar-refractivity contribution is -0.205. The molecule has 4 saturated carbocycles. The van der Waals surface area contributed by atoms with Gasteiger partial charge in [-0.15, -0.1) is 0 Å². The van der Waals surface area contributed by atoms with Crippen LogP contribution in [0.2, 0.25) is 0 Å². The van der Waals surface area contributed by atoms with Gasteiger partial charge >= 0.3 is 0 Å². The molecule has 5 rings (SSSR count). The second-order valence-electron chi connectivity index (χ2n) is 14.5. The Kier molecular flexibility index (Phi) is 5.19. The number of fused-ring (bicyclic) bond motifs is 7. The van der Waals surface area contributed by atoms with E-state index in [0.717, 1.165) is 12.3 Å². The molecule has 4 fully saturated rings. The van der Waals surface area contributed by atoms with Gasteiger partial charge in [-0.1, -0.05) is 60.1 Å². The zero-order valence-electron chi connectivity index (χ0n) is 22.0. The van der Waals surface area contributed by atoms with Gasteiger partial charge in [-0.3, -0.25) is 0 Å². The van der Waals surface area contributed by atoms with Crippen LogP contribution < -0.4 is 0 Å². The highest BCUT2D eigenvalue weighted by molar-refractivity contribution is 5.34. The van der Waals surface area contributed by atoms with Crippen LogP contribution in [-0.4, -0.2) is 22.9 Å². The van der Waals surface area contributed by atoms with Crippen molar-refractivity contribution in [3.63, 3.8) is 0 Å². The number of allylic oxidation sites excluding steroid dienone is 2. The molecule has 0 heterocycles. The molecule has 2 unspecified atom stereocenters. The van der Waals surface area contributed by atoms with E-state index >= 15 is 0 Å². The molecule has 2 heteroatoms. The monoisotopic (exact) mass is 442 g/mol. The largest absolute Gasteiger partial charge is 0.396 e. The molecule has 2 nitrogen and oxygen atoms in total. The molecule has 0 aromatic heterocycles. The van der Waals surface area contributed by atoms with Crippen LogP contribution >= 0.6 is 0 Å². The smallest absolute Gasteiger partial charge is 0.0594 e. The Bertz CT molecular complexity index is 799. The number of hydrogen-bond donors (Lipinski definition) is 2. The van der Waals surface area contributed by atoms with Crippen molar-refractivity contribution < 1.29 is 10.2 Å². The van der Waals surface area contributed by atoms with Gasteiger partial charge in [0.05, 0.1) is 6.10 Å². The van der Waals surface area contributed by atoms with Crippen LogP contribution in [0.1, 0.15) is 106 Å². The predicted molar refractivity (Wildman–Crippen MR) is 132 cm³/mol. The fourth-order valence-corrected chi connectivity index (χ4v) is 10.9. The second kappa shape index (κ2) is 7.09. The van der Waals surface area contributed by atoms with Gasteiger partial charge in [-0.05, 0) is 109 Å². The van der Waals surface area contributed by atoms with E-state index in [1.165, 1.54) is 51.4 Å². The van der Waals surface area contributed by atoms with Crippen molar-refractivity contribution in [1.82, 2.24) is 0 Å². The van der Waals surface area contributed by atoms with Crippen LogP contribution in [0, 0.1) is 56.7 Å². The van der Waals surface area contributed by atoms with Crippen LogP contribution in [0.15, 0.2) is 11.6 Å². The summed E-state index contributed by atoms with van der Waals surface area (Å²) in [6, 6.07) is 0. The third kappa shape index (κ3) is 2.66. The zero-order chi connectivity index (χ0) is 23.3. The minimum atomic E-state index is -0.153. The van der Waals surface area contributed by atoms with E-state index in [9.17, 15) is 10.2 Å². The van der Waals surface area contributed by atoms with E-state index < -0.39 is 0 Å². The molecular weight excluding hydrogens is 392 g/mol. The van der Waals surface area contributed by atoms with Crippen molar-refractivity contribution in [2.45, 2.75) is 112 Å². The van der Waals surface area contributed by atoms with Gasteiger partial charge in [-0.25, -0.2) is 0 Å². The van der Waals surface area contributed by atoms with E-state index in [0.29, 0.717) is 41.1 Å². The van der Waals surface area contributed by atoms with Crippen molar-refractivity contribution in [2.24, 2.45) is 56.7 Å². The van der Waals surface area contributed by atoms with Crippen molar-refractivity contribution in [3.8, 4) is 0 Å². The summed E-state index contributed by atoms with van der Waals surface area (Å²) in [5.74, 6) is 3.29. The molecule has 10 atom stereocenters. The number of hydrogen-bond acceptors (Lipinski definition) is 2. The van der Waals surface area contributed by atoms with Crippen molar-refractivity contribution in [1.29, 1.82) is 0 Å². The van der Waals surface area contributed by atoms with Crippen LogP contribution in [0.3, 0.4) is 0 Å². The molecule has 0 aromatic carbocycles. The van der Waals surface area contributed by atoms with Gasteiger partial charge in [0.15, 0.2) is 0 Å². The molecule has 0 amide bonds. The first-order chi connectivity index (χ1) is 14.9. The van der Waals surface area contributed by atoms with Gasteiger partial charge in [-0.2, -0.15) is 0 Å². The highest BCUT2D eigenvalue weighted by atomic mass is 16.3. The summed E-state index contributed by atoms with van der Waals surface area (Å²) < 4.78 is 0. The maximum absolute atomic E-state index is 10.9. The molecule has 0 saturated heterocycles. The third-order valence-electron chi connectivity index (χ3n) is 13.5. The average molecular weight is 443 g/mol. The Balaban J connectivity index is 1.59. The van der Waals surface area contributed by atoms with Crippen LogP contribution in [0.4, 0.5) is 0 Å². The minimum absolute atomic E-state index is 0.0190. The highest BCUT2D eigenvalue weighted by Gasteiger charge is 2.68. The van der Waals surface area contributed by atoms with E-state index in [-0.39, 0.29) is 22.3 Å². The van der Waals surface area contributed by atoms with Gasteiger partial charge in [0.25, 0.3) is 0 Å². The lowest BCUT2D eigenvalue weighted by atomic mass is 9.33. The SMILES string of the molecule is C[C@H]1[C@H](C)CC[C@]2(CO)CC[C@]3(C)C(=CC[C@@H]4[C@@]5(C)CCC(O)C(C)(C)C5CC[C@]43C)[C@H]12. The Morgan fingerprint density at radius 2 is 1.59 bits per heavy atom. The maximum atomic E-state index is 10.9. The summed E-state index contributed by atoms with van der Waals surface area (Å²) in [4.78, 5) is 0. The van der Waals surface area contributed by atoms with Crippen LogP contribution in [0.5, 0.6) is 0 Å². The quantitative estimate of drug-likeness (QED) is 0.429. The van der Waals surface area contributed by atoms with Gasteiger partial charge in [0.2, 0.25) is 0 Å². The first-order valence-corrected chi connectivity index (χ1v) is 13.9. The minimum Gasteiger partial charge on any atom is -0.396 e. The summed E-state index contributed by atoms with van der Waals surface area (Å²) in [7, 11) is 0. The number of aliphatic hydroxyl groups is 2. The molecule has 0 aromatic rings. The Morgan fingerprint density at radius 1 is 0.875 bits per heavy atom. The van der Waals surface area contributed by atoms with E-state index in [1.807, 2.05) is 0 Å². The average Bonchev–Trinajstić information content (AvgIpc) is 2.74. The summed E-state index contributed by atoms with van der Waals surface area (Å²) in [5.41, 5.74) is 2.77. The normalized spacial score (nSPS) is 56.8. The van der Waals surface area contributed by atoms with Crippen molar-refractivity contribution >= 4 is 0 Å². The Morgan fingerprint density at radius 3 is 2.28 bits per heavy atom. The van der Waals surface area contributed by atoms with Gasteiger partial charge in [0.1, 0.15) is 0 Å².